The average Bonchev–Trinajstić information content (AvgIpc) is 3.15. The molecule has 0 spiro atoms. The van der Waals surface area contributed by atoms with Gasteiger partial charge in [0.25, 0.3) is 21.8 Å². The first kappa shape index (κ1) is 27.2. The maximum atomic E-state index is 13.6. The van der Waals surface area contributed by atoms with Gasteiger partial charge in [-0.25, -0.2) is 17.7 Å². The Hall–Kier alpha value is -4.41. The van der Waals surface area contributed by atoms with Crippen molar-refractivity contribution in [1.29, 1.82) is 0 Å². The number of imide groups is 1. The number of nitrogens with one attached hydrogen (secondary N) is 2. The molecule has 0 bridgehead atoms. The van der Waals surface area contributed by atoms with Crippen molar-refractivity contribution in [3.05, 3.63) is 125 Å². The zero-order valence-electron chi connectivity index (χ0n) is 21.5. The number of benzene rings is 4. The van der Waals surface area contributed by atoms with Crippen molar-refractivity contribution in [3.63, 3.8) is 0 Å². The Morgan fingerprint density at radius 3 is 2.17 bits per heavy atom. The first-order valence-corrected chi connectivity index (χ1v) is 14.5. The van der Waals surface area contributed by atoms with Gasteiger partial charge in [-0.15, -0.1) is 0 Å². The standard InChI is InChI=1S/C30H24FN3O4S2/c1-19-11-14-22(17-20(19)2)32-27-28(30(36)34(29(27)35)24-15-12-21(31)13-16-24)39-25-8-6-7-23(18-25)33-40(37,38)26-9-4-3-5-10-26/h3-18,32-33H,1-2H3. The smallest absolute Gasteiger partial charge is 0.283 e. The Morgan fingerprint density at radius 1 is 0.750 bits per heavy atom. The van der Waals surface area contributed by atoms with Crippen LogP contribution in [0.5, 0.6) is 0 Å². The molecule has 4 aromatic rings. The van der Waals surface area contributed by atoms with Crippen LogP contribution < -0.4 is 14.9 Å². The normalized spacial score (nSPS) is 13.6. The lowest BCUT2D eigenvalue weighted by Crippen LogP contribution is -2.32. The molecule has 0 radical (unpaired) electrons. The number of hydrogen-bond acceptors (Lipinski definition) is 6. The number of halogens is 1. The molecule has 202 valence electrons. The minimum absolute atomic E-state index is 0.0675. The van der Waals surface area contributed by atoms with Gasteiger partial charge in [-0.2, -0.15) is 0 Å². The van der Waals surface area contributed by atoms with E-state index in [9.17, 15) is 22.4 Å². The zero-order chi connectivity index (χ0) is 28.4. The summed E-state index contributed by atoms with van der Waals surface area (Å²) in [7, 11) is -3.83. The Bertz CT molecular complexity index is 1760. The highest BCUT2D eigenvalue weighted by molar-refractivity contribution is 8.04. The number of aryl methyl sites for hydroxylation is 2. The summed E-state index contributed by atoms with van der Waals surface area (Å²) in [6.45, 7) is 3.91. The molecule has 4 aromatic carbocycles. The molecule has 0 fully saturated rings. The van der Waals surface area contributed by atoms with Crippen LogP contribution in [0.25, 0.3) is 0 Å². The Labute approximate surface area is 235 Å². The molecule has 1 aliphatic rings. The molecule has 7 nitrogen and oxygen atoms in total. The third-order valence-electron chi connectivity index (χ3n) is 6.26. The molecule has 0 unspecified atom stereocenters. The second kappa shape index (κ2) is 11.0. The van der Waals surface area contributed by atoms with Gasteiger partial charge in [-0.1, -0.05) is 42.1 Å². The molecule has 2 amide bonds. The summed E-state index contributed by atoms with van der Waals surface area (Å²) in [5.41, 5.74) is 3.30. The van der Waals surface area contributed by atoms with Crippen molar-refractivity contribution >= 4 is 50.7 Å². The van der Waals surface area contributed by atoms with Crippen molar-refractivity contribution < 1.29 is 22.4 Å². The molecule has 0 saturated carbocycles. The van der Waals surface area contributed by atoms with Crippen LogP contribution in [0, 0.1) is 19.7 Å². The molecule has 0 saturated heterocycles. The molecule has 10 heteroatoms. The predicted molar refractivity (Wildman–Crippen MR) is 155 cm³/mol. The van der Waals surface area contributed by atoms with Gasteiger partial charge in [0.05, 0.1) is 10.6 Å². The largest absolute Gasteiger partial charge is 0.350 e. The first-order chi connectivity index (χ1) is 19.1. The van der Waals surface area contributed by atoms with Crippen molar-refractivity contribution in [2.24, 2.45) is 0 Å². The van der Waals surface area contributed by atoms with Crippen molar-refractivity contribution in [2.45, 2.75) is 23.6 Å². The number of sulfonamides is 1. The topological polar surface area (TPSA) is 95.6 Å². The van der Waals surface area contributed by atoms with E-state index in [-0.39, 0.29) is 21.2 Å². The van der Waals surface area contributed by atoms with Gasteiger partial charge in [-0.05, 0) is 91.7 Å². The van der Waals surface area contributed by atoms with E-state index in [1.807, 2.05) is 32.0 Å². The molecule has 0 atom stereocenters. The number of rotatable bonds is 8. The fraction of sp³-hybridized carbons (Fsp3) is 0.0667. The molecular weight excluding hydrogens is 549 g/mol. The Kier molecular flexibility index (Phi) is 7.46. The third kappa shape index (κ3) is 5.63. The van der Waals surface area contributed by atoms with Gasteiger partial charge in [0.2, 0.25) is 0 Å². The summed E-state index contributed by atoms with van der Waals surface area (Å²) < 4.78 is 41.7. The summed E-state index contributed by atoms with van der Waals surface area (Å²) in [6.07, 6.45) is 0. The van der Waals surface area contributed by atoms with Gasteiger partial charge in [0.15, 0.2) is 0 Å². The molecule has 40 heavy (non-hydrogen) atoms. The van der Waals surface area contributed by atoms with Gasteiger partial charge in [0, 0.05) is 16.3 Å². The monoisotopic (exact) mass is 573 g/mol. The Balaban J connectivity index is 1.49. The van der Waals surface area contributed by atoms with Gasteiger partial charge >= 0.3 is 0 Å². The van der Waals surface area contributed by atoms with Gasteiger partial charge in [-0.3, -0.25) is 14.3 Å². The van der Waals surface area contributed by atoms with E-state index >= 15 is 0 Å². The van der Waals surface area contributed by atoms with Crippen molar-refractivity contribution in [2.75, 3.05) is 14.9 Å². The SMILES string of the molecule is Cc1ccc(NC2=C(Sc3cccc(NS(=O)(=O)c4ccccc4)c3)C(=O)N(c3ccc(F)cc3)C2=O)cc1C. The van der Waals surface area contributed by atoms with Crippen LogP contribution in [0.2, 0.25) is 0 Å². The van der Waals surface area contributed by atoms with Crippen LogP contribution in [0.3, 0.4) is 0 Å². The maximum absolute atomic E-state index is 13.6. The van der Waals surface area contributed by atoms with Crippen LogP contribution in [0.15, 0.2) is 117 Å². The van der Waals surface area contributed by atoms with Gasteiger partial charge in [0.1, 0.15) is 16.4 Å². The van der Waals surface area contributed by atoms with Gasteiger partial charge < -0.3 is 5.32 Å². The minimum Gasteiger partial charge on any atom is -0.350 e. The highest BCUT2D eigenvalue weighted by atomic mass is 32.2. The number of anilines is 3. The highest BCUT2D eigenvalue weighted by Crippen LogP contribution is 2.39. The second-order valence-electron chi connectivity index (χ2n) is 9.10. The molecule has 0 aliphatic carbocycles. The lowest BCUT2D eigenvalue weighted by Gasteiger charge is -2.15. The van der Waals surface area contributed by atoms with E-state index in [2.05, 4.69) is 10.0 Å². The zero-order valence-corrected chi connectivity index (χ0v) is 23.1. The van der Waals surface area contributed by atoms with Crippen LogP contribution in [-0.2, 0) is 19.6 Å². The number of nitrogens with zero attached hydrogens (tertiary/aromatic N) is 1. The number of carbonyl (C=O) groups is 2. The summed E-state index contributed by atoms with van der Waals surface area (Å²) in [6, 6.07) is 25.2. The number of thioether (sulfide) groups is 1. The third-order valence-corrected chi connectivity index (χ3v) is 8.73. The molecule has 1 heterocycles. The van der Waals surface area contributed by atoms with E-state index < -0.39 is 27.7 Å². The van der Waals surface area contributed by atoms with Crippen molar-refractivity contribution in [1.82, 2.24) is 0 Å². The van der Waals surface area contributed by atoms with E-state index in [1.165, 1.54) is 36.4 Å². The number of amides is 2. The average molecular weight is 574 g/mol. The molecular formula is C30H24FN3O4S2. The minimum atomic E-state index is -3.83. The summed E-state index contributed by atoms with van der Waals surface area (Å²) in [5.74, 6) is -1.66. The maximum Gasteiger partial charge on any atom is 0.283 e. The summed E-state index contributed by atoms with van der Waals surface area (Å²) in [5, 5.41) is 3.11. The van der Waals surface area contributed by atoms with E-state index in [1.54, 1.807) is 42.5 Å². The lowest BCUT2D eigenvalue weighted by molar-refractivity contribution is -0.120. The second-order valence-corrected chi connectivity index (χ2v) is 11.9. The van der Waals surface area contributed by atoms with Crippen LogP contribution in [-0.4, -0.2) is 20.2 Å². The predicted octanol–water partition coefficient (Wildman–Crippen LogP) is 6.23. The molecule has 0 aromatic heterocycles. The fourth-order valence-electron chi connectivity index (χ4n) is 4.06. The fourth-order valence-corrected chi connectivity index (χ4v) is 6.12. The quantitative estimate of drug-likeness (QED) is 0.243. The molecule has 2 N–H and O–H groups in total. The first-order valence-electron chi connectivity index (χ1n) is 12.2. The van der Waals surface area contributed by atoms with E-state index in [0.29, 0.717) is 16.3 Å². The van der Waals surface area contributed by atoms with Crippen LogP contribution in [0.1, 0.15) is 11.1 Å². The van der Waals surface area contributed by atoms with Crippen LogP contribution >= 0.6 is 11.8 Å². The molecule has 1 aliphatic heterocycles. The van der Waals surface area contributed by atoms with E-state index in [4.69, 9.17) is 0 Å². The number of hydrogen-bond donors (Lipinski definition) is 2. The molecule has 5 rings (SSSR count). The summed E-state index contributed by atoms with van der Waals surface area (Å²) in [4.78, 5) is 28.9. The lowest BCUT2D eigenvalue weighted by atomic mass is 10.1. The highest BCUT2D eigenvalue weighted by Gasteiger charge is 2.40. The van der Waals surface area contributed by atoms with E-state index in [0.717, 1.165) is 27.8 Å². The Morgan fingerprint density at radius 2 is 1.48 bits per heavy atom. The number of carbonyl (C=O) groups excluding carboxylic acids is 2. The van der Waals surface area contributed by atoms with Crippen LogP contribution in [0.4, 0.5) is 21.5 Å². The summed E-state index contributed by atoms with van der Waals surface area (Å²) >= 11 is 1.03. The van der Waals surface area contributed by atoms with Crippen molar-refractivity contribution in [3.8, 4) is 0 Å².